The van der Waals surface area contributed by atoms with Crippen LogP contribution in [0.15, 0.2) is 48.5 Å². The molecule has 1 N–H and O–H groups in total. The lowest BCUT2D eigenvalue weighted by Crippen LogP contribution is -2.16. The van der Waals surface area contributed by atoms with Crippen molar-refractivity contribution in [1.82, 2.24) is 0 Å². The third-order valence-electron chi connectivity index (χ3n) is 4.14. The fourth-order valence-corrected chi connectivity index (χ4v) is 2.77. The molecular formula is C20H26O2. The fraction of sp³-hybridized carbons (Fsp3) is 0.400. The lowest BCUT2D eigenvalue weighted by atomic mass is 9.81. The van der Waals surface area contributed by atoms with Gasteiger partial charge in [-0.05, 0) is 41.2 Å². The van der Waals surface area contributed by atoms with E-state index in [2.05, 4.69) is 32.9 Å². The quantitative estimate of drug-likeness (QED) is 0.771. The van der Waals surface area contributed by atoms with Crippen LogP contribution in [0, 0.1) is 0 Å². The highest BCUT2D eigenvalue weighted by Crippen LogP contribution is 2.29. The Kier molecular flexibility index (Phi) is 5.48. The van der Waals surface area contributed by atoms with Crippen LogP contribution < -0.4 is 4.74 Å². The molecule has 0 radical (unpaired) electrons. The van der Waals surface area contributed by atoms with E-state index in [0.717, 1.165) is 11.3 Å². The van der Waals surface area contributed by atoms with Crippen LogP contribution in [0.2, 0.25) is 0 Å². The van der Waals surface area contributed by atoms with Crippen LogP contribution in [-0.4, -0.2) is 11.7 Å². The van der Waals surface area contributed by atoms with Crippen LogP contribution >= 0.6 is 0 Å². The molecule has 0 saturated carbocycles. The van der Waals surface area contributed by atoms with Gasteiger partial charge in [0, 0.05) is 6.42 Å². The molecule has 2 aromatic carbocycles. The summed E-state index contributed by atoms with van der Waals surface area (Å²) in [5, 5.41) is 9.73. The minimum Gasteiger partial charge on any atom is -0.508 e. The Morgan fingerprint density at radius 3 is 2.32 bits per heavy atom. The van der Waals surface area contributed by atoms with E-state index in [1.54, 1.807) is 6.07 Å². The van der Waals surface area contributed by atoms with E-state index in [1.807, 2.05) is 30.3 Å². The monoisotopic (exact) mass is 298 g/mol. The molecular weight excluding hydrogens is 272 g/mol. The number of phenolic OH excluding ortho intramolecular Hbond substituents is 1. The Labute approximate surface area is 133 Å². The number of hydrogen-bond donors (Lipinski definition) is 1. The average Bonchev–Trinajstić information content (AvgIpc) is 2.50. The van der Waals surface area contributed by atoms with Crippen LogP contribution in [0.3, 0.4) is 0 Å². The van der Waals surface area contributed by atoms with Crippen LogP contribution in [0.5, 0.6) is 11.5 Å². The Hall–Kier alpha value is -1.96. The van der Waals surface area contributed by atoms with Crippen molar-refractivity contribution in [2.45, 2.75) is 45.4 Å². The van der Waals surface area contributed by atoms with Gasteiger partial charge >= 0.3 is 0 Å². The molecule has 2 aromatic rings. The van der Waals surface area contributed by atoms with E-state index >= 15 is 0 Å². The summed E-state index contributed by atoms with van der Waals surface area (Å²) in [7, 11) is 0. The molecule has 0 heterocycles. The van der Waals surface area contributed by atoms with E-state index in [0.29, 0.717) is 18.8 Å². The van der Waals surface area contributed by atoms with Crippen molar-refractivity contribution in [2.24, 2.45) is 0 Å². The summed E-state index contributed by atoms with van der Waals surface area (Å²) in [5.74, 6) is 1.22. The van der Waals surface area contributed by atoms with Gasteiger partial charge in [0.15, 0.2) is 0 Å². The molecule has 118 valence electrons. The first kappa shape index (κ1) is 16.4. The molecule has 0 saturated heterocycles. The van der Waals surface area contributed by atoms with Crippen molar-refractivity contribution >= 4 is 0 Å². The number of benzene rings is 2. The van der Waals surface area contributed by atoms with Crippen LogP contribution in [0.25, 0.3) is 0 Å². The van der Waals surface area contributed by atoms with Crippen molar-refractivity contribution in [3.8, 4) is 11.5 Å². The summed E-state index contributed by atoms with van der Waals surface area (Å²) in [6.45, 7) is 7.35. The maximum Gasteiger partial charge on any atom is 0.119 e. The largest absolute Gasteiger partial charge is 0.508 e. The Morgan fingerprint density at radius 1 is 1.00 bits per heavy atom. The second kappa shape index (κ2) is 7.35. The van der Waals surface area contributed by atoms with Crippen molar-refractivity contribution in [2.75, 3.05) is 6.61 Å². The molecule has 0 aliphatic heterocycles. The second-order valence-electron chi connectivity index (χ2n) is 6.39. The van der Waals surface area contributed by atoms with E-state index in [1.165, 1.54) is 18.4 Å². The highest BCUT2D eigenvalue weighted by atomic mass is 16.5. The summed E-state index contributed by atoms with van der Waals surface area (Å²) >= 11 is 0. The van der Waals surface area contributed by atoms with Crippen molar-refractivity contribution < 1.29 is 9.84 Å². The first-order valence-electron chi connectivity index (χ1n) is 8.03. The van der Waals surface area contributed by atoms with Crippen LogP contribution in [0.4, 0.5) is 0 Å². The molecule has 22 heavy (non-hydrogen) atoms. The standard InChI is InChI=1S/C20H26O2/c1-4-14-20(2,3)17-9-11-18(12-10-17)22-15-13-16-7-5-6-8-19(16)21/h5-12,21H,4,13-15H2,1-3H3. The van der Waals surface area contributed by atoms with Crippen molar-refractivity contribution in [3.05, 3.63) is 59.7 Å². The fourth-order valence-electron chi connectivity index (χ4n) is 2.77. The van der Waals surface area contributed by atoms with Gasteiger partial charge in [-0.15, -0.1) is 0 Å². The summed E-state index contributed by atoms with van der Waals surface area (Å²) in [6.07, 6.45) is 3.07. The Bertz CT molecular complexity index is 585. The van der Waals surface area contributed by atoms with E-state index < -0.39 is 0 Å². The van der Waals surface area contributed by atoms with Crippen molar-refractivity contribution in [3.63, 3.8) is 0 Å². The first-order chi connectivity index (χ1) is 10.5. The number of aromatic hydroxyl groups is 1. The molecule has 0 aromatic heterocycles. The molecule has 0 aliphatic carbocycles. The maximum atomic E-state index is 9.73. The van der Waals surface area contributed by atoms with Gasteiger partial charge in [0.1, 0.15) is 11.5 Å². The summed E-state index contributed by atoms with van der Waals surface area (Å²) in [6, 6.07) is 15.8. The van der Waals surface area contributed by atoms with Gasteiger partial charge in [-0.1, -0.05) is 57.5 Å². The smallest absolute Gasteiger partial charge is 0.119 e. The van der Waals surface area contributed by atoms with Crippen LogP contribution in [-0.2, 0) is 11.8 Å². The molecule has 2 heteroatoms. The normalized spacial score (nSPS) is 11.4. The number of hydrogen-bond acceptors (Lipinski definition) is 2. The van der Waals surface area contributed by atoms with E-state index in [-0.39, 0.29) is 5.41 Å². The first-order valence-corrected chi connectivity index (χ1v) is 8.03. The Balaban J connectivity index is 1.91. The van der Waals surface area contributed by atoms with E-state index in [9.17, 15) is 5.11 Å². The van der Waals surface area contributed by atoms with Gasteiger partial charge in [0.25, 0.3) is 0 Å². The number of phenols is 1. The van der Waals surface area contributed by atoms with Gasteiger partial charge in [0.05, 0.1) is 6.61 Å². The van der Waals surface area contributed by atoms with Gasteiger partial charge < -0.3 is 9.84 Å². The minimum absolute atomic E-state index is 0.211. The summed E-state index contributed by atoms with van der Waals surface area (Å²) in [4.78, 5) is 0. The number of ether oxygens (including phenoxy) is 1. The molecule has 0 spiro atoms. The zero-order chi connectivity index (χ0) is 16.0. The van der Waals surface area contributed by atoms with Gasteiger partial charge in [-0.2, -0.15) is 0 Å². The second-order valence-corrected chi connectivity index (χ2v) is 6.39. The zero-order valence-corrected chi connectivity index (χ0v) is 13.8. The molecule has 0 fully saturated rings. The average molecular weight is 298 g/mol. The molecule has 0 aliphatic rings. The third-order valence-corrected chi connectivity index (χ3v) is 4.14. The number of para-hydroxylation sites is 1. The van der Waals surface area contributed by atoms with Crippen LogP contribution in [0.1, 0.15) is 44.7 Å². The summed E-state index contributed by atoms with van der Waals surface area (Å²) < 4.78 is 5.78. The summed E-state index contributed by atoms with van der Waals surface area (Å²) in [5.41, 5.74) is 2.48. The molecule has 0 bridgehead atoms. The maximum absolute atomic E-state index is 9.73. The number of rotatable bonds is 7. The highest BCUT2D eigenvalue weighted by Gasteiger charge is 2.18. The SMILES string of the molecule is CCCC(C)(C)c1ccc(OCCc2ccccc2O)cc1. The molecule has 0 unspecified atom stereocenters. The lowest BCUT2D eigenvalue weighted by Gasteiger charge is -2.24. The van der Waals surface area contributed by atoms with Gasteiger partial charge in [0.2, 0.25) is 0 Å². The van der Waals surface area contributed by atoms with Crippen molar-refractivity contribution in [1.29, 1.82) is 0 Å². The minimum atomic E-state index is 0.211. The molecule has 2 nitrogen and oxygen atoms in total. The predicted molar refractivity (Wildman–Crippen MR) is 91.7 cm³/mol. The topological polar surface area (TPSA) is 29.5 Å². The zero-order valence-electron chi connectivity index (χ0n) is 13.8. The molecule has 0 atom stereocenters. The highest BCUT2D eigenvalue weighted by molar-refractivity contribution is 5.33. The van der Waals surface area contributed by atoms with Gasteiger partial charge in [-0.25, -0.2) is 0 Å². The Morgan fingerprint density at radius 2 is 1.68 bits per heavy atom. The molecule has 2 rings (SSSR count). The van der Waals surface area contributed by atoms with Gasteiger partial charge in [-0.3, -0.25) is 0 Å². The van der Waals surface area contributed by atoms with E-state index in [4.69, 9.17) is 4.74 Å². The predicted octanol–water partition coefficient (Wildman–Crippen LogP) is 5.09. The lowest BCUT2D eigenvalue weighted by molar-refractivity contribution is 0.319. The third kappa shape index (κ3) is 4.27. The molecule has 0 amide bonds.